The lowest BCUT2D eigenvalue weighted by Crippen LogP contribution is -2.67. The number of Topliss-reactive ketones (excluding diaryl/α,β-unsaturated/α-hetero) is 2. The second-order valence-electron chi connectivity index (χ2n) is 13.2. The number of piperazine rings is 1. The van der Waals surface area contributed by atoms with Gasteiger partial charge in [0, 0.05) is 65.7 Å². The Morgan fingerprint density at radius 2 is 1.87 bits per heavy atom. The van der Waals surface area contributed by atoms with Crippen molar-refractivity contribution in [1.82, 2.24) is 9.80 Å². The quantitative estimate of drug-likeness (QED) is 0.208. The maximum absolute atomic E-state index is 14.6. The normalized spacial score (nSPS) is 34.5. The van der Waals surface area contributed by atoms with Gasteiger partial charge in [0.2, 0.25) is 18.4 Å². The Labute approximate surface area is 264 Å². The van der Waals surface area contributed by atoms with E-state index in [2.05, 4.69) is 22.8 Å². The van der Waals surface area contributed by atoms with E-state index in [-0.39, 0.29) is 54.8 Å². The molecular weight excluding hydrogens is 600 g/mol. The molecule has 0 aromatic heterocycles. The Bertz CT molecular complexity index is 1760. The van der Waals surface area contributed by atoms with Crippen LogP contribution in [0.2, 0.25) is 0 Å². The molecule has 4 fully saturated rings. The van der Waals surface area contributed by atoms with Crippen LogP contribution in [0, 0.1) is 13.8 Å². The van der Waals surface area contributed by atoms with Gasteiger partial charge in [-0.1, -0.05) is 6.07 Å². The number of methoxy groups -OCH3 is 2. The number of rotatable bonds is 5. The fourth-order valence-electron chi connectivity index (χ4n) is 9.99. The molecule has 12 heteroatoms. The van der Waals surface area contributed by atoms with Crippen LogP contribution in [-0.4, -0.2) is 84.3 Å². The number of thioether (sulfide) groups is 1. The highest BCUT2D eigenvalue weighted by Gasteiger charge is 2.80. The number of esters is 1. The lowest BCUT2D eigenvalue weighted by molar-refractivity contribution is -0.144. The van der Waals surface area contributed by atoms with Gasteiger partial charge in [-0.25, -0.2) is 0 Å². The first kappa shape index (κ1) is 27.9. The zero-order chi connectivity index (χ0) is 31.3. The van der Waals surface area contributed by atoms with Gasteiger partial charge in [-0.3, -0.25) is 24.2 Å². The van der Waals surface area contributed by atoms with E-state index in [0.717, 1.165) is 23.1 Å². The molecule has 0 radical (unpaired) electrons. The predicted octanol–water partition coefficient (Wildman–Crippen LogP) is 3.45. The Balaban J connectivity index is 1.31. The van der Waals surface area contributed by atoms with Crippen LogP contribution >= 0.6 is 11.8 Å². The fraction of sp³-hybridized carbons (Fsp3) is 0.545. The van der Waals surface area contributed by atoms with Crippen LogP contribution in [0.5, 0.6) is 28.7 Å². The summed E-state index contributed by atoms with van der Waals surface area (Å²) in [6.45, 7) is 7.53. The largest absolute Gasteiger partial charge is 0.493 e. The lowest BCUT2D eigenvalue weighted by Gasteiger charge is -2.61. The number of ether oxygens (including phenoxy) is 6. The minimum Gasteiger partial charge on any atom is -0.493 e. The molecule has 11 nitrogen and oxygen atoms in total. The Morgan fingerprint density at radius 3 is 2.60 bits per heavy atom. The molecule has 4 saturated heterocycles. The molecule has 0 bridgehead atoms. The number of hydrogen-bond donors (Lipinski definition) is 0. The molecule has 45 heavy (non-hydrogen) atoms. The van der Waals surface area contributed by atoms with Crippen molar-refractivity contribution in [2.45, 2.75) is 81.0 Å². The molecule has 1 spiro atoms. The van der Waals surface area contributed by atoms with Crippen LogP contribution in [0.3, 0.4) is 0 Å². The van der Waals surface area contributed by atoms with Crippen molar-refractivity contribution in [1.29, 1.82) is 0 Å². The van der Waals surface area contributed by atoms with Gasteiger partial charge >= 0.3 is 5.97 Å². The molecule has 1 aliphatic carbocycles. The highest BCUT2D eigenvalue weighted by molar-refractivity contribution is 8.01. The first-order valence-electron chi connectivity index (χ1n) is 15.4. The maximum Gasteiger partial charge on any atom is 0.308 e. The third-order valence-corrected chi connectivity index (χ3v) is 12.8. The smallest absolute Gasteiger partial charge is 0.308 e. The fourth-order valence-corrected chi connectivity index (χ4v) is 11.6. The molecule has 0 amide bonds. The van der Waals surface area contributed by atoms with Gasteiger partial charge in [-0.05, 0) is 38.3 Å². The molecule has 2 aromatic rings. The Morgan fingerprint density at radius 1 is 1.09 bits per heavy atom. The van der Waals surface area contributed by atoms with Crippen LogP contribution in [0.4, 0.5) is 0 Å². The molecule has 7 aliphatic rings. The number of carbonyl (C=O) groups is 3. The Hall–Kier alpha value is -3.32. The van der Waals surface area contributed by atoms with Crippen LogP contribution in [-0.2, 0) is 24.5 Å². The van der Waals surface area contributed by atoms with Crippen molar-refractivity contribution in [3.63, 3.8) is 0 Å². The van der Waals surface area contributed by atoms with E-state index >= 15 is 0 Å². The molecular formula is C33H34N2O9S. The van der Waals surface area contributed by atoms with Crippen LogP contribution < -0.4 is 23.7 Å². The van der Waals surface area contributed by atoms with Gasteiger partial charge in [-0.15, -0.1) is 11.8 Å². The van der Waals surface area contributed by atoms with Gasteiger partial charge in [0.25, 0.3) is 0 Å². The number of benzene rings is 2. The molecule has 0 N–H and O–H groups in total. The van der Waals surface area contributed by atoms with Crippen LogP contribution in [0.1, 0.15) is 71.8 Å². The number of hydrogen-bond acceptors (Lipinski definition) is 12. The van der Waals surface area contributed by atoms with Crippen molar-refractivity contribution >= 4 is 29.3 Å². The summed E-state index contributed by atoms with van der Waals surface area (Å²) in [6.07, 6.45) is 0.963. The zero-order valence-electron chi connectivity index (χ0n) is 25.9. The number of ketones is 2. The van der Waals surface area contributed by atoms with E-state index in [4.69, 9.17) is 28.4 Å². The molecule has 2 aromatic carbocycles. The van der Waals surface area contributed by atoms with Crippen molar-refractivity contribution < 1.29 is 42.8 Å². The van der Waals surface area contributed by atoms with Gasteiger partial charge in [0.1, 0.15) is 5.75 Å². The average Bonchev–Trinajstić information content (AvgIpc) is 3.63. The van der Waals surface area contributed by atoms with E-state index in [1.54, 1.807) is 26.0 Å². The first-order valence-corrected chi connectivity index (χ1v) is 16.4. The van der Waals surface area contributed by atoms with E-state index in [9.17, 15) is 14.4 Å². The van der Waals surface area contributed by atoms with Crippen molar-refractivity contribution in [3.05, 3.63) is 39.4 Å². The minimum absolute atomic E-state index is 0.0311. The summed E-state index contributed by atoms with van der Waals surface area (Å²) in [4.78, 5) is 45.6. The van der Waals surface area contributed by atoms with Gasteiger partial charge in [-0.2, -0.15) is 0 Å². The monoisotopic (exact) mass is 634 g/mol. The number of fused-ring (bicyclic) bond motifs is 11. The second-order valence-corrected chi connectivity index (χ2v) is 14.3. The van der Waals surface area contributed by atoms with Crippen molar-refractivity contribution in [3.8, 4) is 28.7 Å². The summed E-state index contributed by atoms with van der Waals surface area (Å²) in [6, 6.07) is 2.01. The molecule has 9 rings (SSSR count). The second kappa shape index (κ2) is 9.15. The molecule has 8 atom stereocenters. The third-order valence-electron chi connectivity index (χ3n) is 11.4. The minimum atomic E-state index is -1.20. The summed E-state index contributed by atoms with van der Waals surface area (Å²) in [5.41, 5.74) is 4.09. The van der Waals surface area contributed by atoms with Gasteiger partial charge in [0.15, 0.2) is 29.8 Å². The lowest BCUT2D eigenvalue weighted by atomic mass is 9.55. The predicted molar refractivity (Wildman–Crippen MR) is 160 cm³/mol. The molecule has 6 heterocycles. The summed E-state index contributed by atoms with van der Waals surface area (Å²) >= 11 is 1.55. The molecule has 1 unspecified atom stereocenters. The summed E-state index contributed by atoms with van der Waals surface area (Å²) in [5.74, 6) is 1.56. The van der Waals surface area contributed by atoms with Crippen molar-refractivity contribution in [2.24, 2.45) is 0 Å². The number of nitrogens with zero attached hydrogens (tertiary/aromatic N) is 2. The first-order chi connectivity index (χ1) is 21.7. The van der Waals surface area contributed by atoms with E-state index in [0.29, 0.717) is 39.9 Å². The summed E-state index contributed by atoms with van der Waals surface area (Å²) < 4.78 is 35.5. The highest BCUT2D eigenvalue weighted by Crippen LogP contribution is 2.77. The SMILES string of the molecule is COCOc1c(OC)c(C)cc2c1[C@@H]1[C@@H]3[C@@H]4SCC(=O)C(=O)[C@@]45c4c(OC(C)=O)c(C)c6c(c4[C@@H]5N3[C@@H](C)[C@@H]3CC2N13)OCO6. The van der Waals surface area contributed by atoms with Gasteiger partial charge < -0.3 is 28.4 Å². The van der Waals surface area contributed by atoms with E-state index < -0.39 is 29.0 Å². The summed E-state index contributed by atoms with van der Waals surface area (Å²) in [7, 11) is 3.25. The number of carbonyl (C=O) groups excluding carboxylic acids is 3. The third kappa shape index (κ3) is 3.03. The highest BCUT2D eigenvalue weighted by atomic mass is 32.2. The zero-order valence-corrected chi connectivity index (χ0v) is 26.7. The topological polar surface area (TPSA) is 113 Å². The van der Waals surface area contributed by atoms with E-state index in [1.165, 1.54) is 12.5 Å². The maximum atomic E-state index is 14.6. The van der Waals surface area contributed by atoms with E-state index in [1.807, 2.05) is 13.8 Å². The van der Waals surface area contributed by atoms with Crippen LogP contribution in [0.25, 0.3) is 0 Å². The molecule has 0 saturated carbocycles. The standard InChI is InChI=1S/C33H34N2O9S/c1-12-7-16-18-8-17-14(3)34-24(23(35(17)18)20(16)28(25(12)40-6)41-10-39-5)32-33(31(38)19(37)9-45-32)22-21(30(33)34)29-27(42-11-43-29)13(2)26(22)44-15(4)36/h7,14,17-18,23-24,30,32H,8-11H2,1-6H3/t14-,17-,18?,23+,24+,30-,32-,33-/m0/s1. The molecule has 6 aliphatic heterocycles. The number of aryl methyl sites for hydroxylation is 1. The molecule has 236 valence electrons. The van der Waals surface area contributed by atoms with Crippen molar-refractivity contribution in [2.75, 3.05) is 33.6 Å². The average molecular weight is 635 g/mol. The summed E-state index contributed by atoms with van der Waals surface area (Å²) in [5, 5.41) is -0.294. The van der Waals surface area contributed by atoms with Gasteiger partial charge in [0.05, 0.1) is 30.4 Å². The van der Waals surface area contributed by atoms with Crippen LogP contribution in [0.15, 0.2) is 6.07 Å². The Kier molecular flexibility index (Phi) is 5.68.